The van der Waals surface area contributed by atoms with Crippen LogP contribution in [0.1, 0.15) is 56.2 Å². The minimum absolute atomic E-state index is 0.128. The lowest BCUT2D eigenvalue weighted by Crippen LogP contribution is -2.30. The Labute approximate surface area is 122 Å². The maximum absolute atomic E-state index is 13.4. The van der Waals surface area contributed by atoms with Crippen molar-refractivity contribution in [3.8, 4) is 0 Å². The summed E-state index contributed by atoms with van der Waals surface area (Å²) in [6.07, 6.45) is 0.780. The van der Waals surface area contributed by atoms with E-state index in [2.05, 4.69) is 5.32 Å². The largest absolute Gasteiger partial charge is 0.419 e. The zero-order chi connectivity index (χ0) is 15.5. The molecule has 0 aromatic heterocycles. The molecule has 1 aromatic rings. The summed E-state index contributed by atoms with van der Waals surface area (Å²) < 4.78 is 52.0. The third-order valence-corrected chi connectivity index (χ3v) is 4.20. The molecule has 1 unspecified atom stereocenters. The molecule has 5 heteroatoms. The highest BCUT2D eigenvalue weighted by molar-refractivity contribution is 5.30. The van der Waals surface area contributed by atoms with E-state index in [1.54, 1.807) is 0 Å². The normalized spacial score (nSPS) is 18.7. The van der Waals surface area contributed by atoms with E-state index in [-0.39, 0.29) is 6.04 Å². The van der Waals surface area contributed by atoms with E-state index < -0.39 is 17.6 Å². The predicted octanol–water partition coefficient (Wildman–Crippen LogP) is 5.08. The third-order valence-electron chi connectivity index (χ3n) is 4.20. The van der Waals surface area contributed by atoms with Crippen molar-refractivity contribution in [3.63, 3.8) is 0 Å². The van der Waals surface area contributed by atoms with Gasteiger partial charge < -0.3 is 5.32 Å². The van der Waals surface area contributed by atoms with Crippen LogP contribution in [0, 0.1) is 11.7 Å². The molecule has 0 amide bonds. The van der Waals surface area contributed by atoms with Gasteiger partial charge in [-0.25, -0.2) is 4.39 Å². The number of nitrogens with one attached hydrogen (secondary N) is 1. The fourth-order valence-corrected chi connectivity index (χ4v) is 3.20. The van der Waals surface area contributed by atoms with E-state index in [1.165, 1.54) is 12.5 Å². The quantitative estimate of drug-likeness (QED) is 0.765. The second-order valence-corrected chi connectivity index (χ2v) is 5.67. The Balaban J connectivity index is 2.31. The molecular formula is C16H21F4N. The highest BCUT2D eigenvalue weighted by Gasteiger charge is 2.35. The van der Waals surface area contributed by atoms with Crippen LogP contribution in [0.5, 0.6) is 0 Å². The molecule has 1 saturated carbocycles. The molecule has 0 radical (unpaired) electrons. The predicted molar refractivity (Wildman–Crippen MR) is 74.4 cm³/mol. The average Bonchev–Trinajstić information content (AvgIpc) is 2.45. The van der Waals surface area contributed by atoms with E-state index in [0.717, 1.165) is 37.8 Å². The Hall–Kier alpha value is -1.10. The van der Waals surface area contributed by atoms with Crippen LogP contribution in [-0.2, 0) is 6.18 Å². The fraction of sp³-hybridized carbons (Fsp3) is 0.625. The van der Waals surface area contributed by atoms with E-state index in [4.69, 9.17) is 0 Å². The molecule has 0 aliphatic heterocycles. The highest BCUT2D eigenvalue weighted by atomic mass is 19.4. The molecule has 1 aliphatic carbocycles. The minimum atomic E-state index is -4.65. The van der Waals surface area contributed by atoms with Crippen LogP contribution in [0.2, 0.25) is 0 Å². The summed E-state index contributed by atoms with van der Waals surface area (Å²) in [5.41, 5.74) is -0.629. The first kappa shape index (κ1) is 16.3. The maximum atomic E-state index is 13.4. The van der Waals surface area contributed by atoms with Gasteiger partial charge in [0.25, 0.3) is 0 Å². The van der Waals surface area contributed by atoms with Gasteiger partial charge in [-0.3, -0.25) is 0 Å². The molecular weight excluding hydrogens is 282 g/mol. The zero-order valence-electron chi connectivity index (χ0n) is 12.1. The van der Waals surface area contributed by atoms with Gasteiger partial charge in [0.1, 0.15) is 5.82 Å². The summed E-state index contributed by atoms with van der Waals surface area (Å²) in [4.78, 5) is 0. The molecule has 0 saturated heterocycles. The second-order valence-electron chi connectivity index (χ2n) is 5.67. The number of hydrogen-bond donors (Lipinski definition) is 1. The van der Waals surface area contributed by atoms with Crippen molar-refractivity contribution < 1.29 is 17.6 Å². The van der Waals surface area contributed by atoms with Crippen LogP contribution >= 0.6 is 0 Å². The standard InChI is InChI=1S/C16H21F4N/c1-2-21-15(11-6-4-3-5-7-11)12-8-9-14(17)13(10-12)16(18,19)20/h8-11,15,21H,2-7H2,1H3. The molecule has 0 bridgehead atoms. The van der Waals surface area contributed by atoms with Crippen LogP contribution in [-0.4, -0.2) is 6.54 Å². The Kier molecular flexibility index (Phi) is 5.25. The third kappa shape index (κ3) is 3.96. The fourth-order valence-electron chi connectivity index (χ4n) is 3.20. The number of hydrogen-bond acceptors (Lipinski definition) is 1. The van der Waals surface area contributed by atoms with E-state index in [0.29, 0.717) is 18.0 Å². The summed E-state index contributed by atoms with van der Waals surface area (Å²) >= 11 is 0. The monoisotopic (exact) mass is 303 g/mol. The van der Waals surface area contributed by atoms with Gasteiger partial charge in [0, 0.05) is 6.04 Å². The minimum Gasteiger partial charge on any atom is -0.310 e. The molecule has 1 N–H and O–H groups in total. The van der Waals surface area contributed by atoms with Crippen molar-refractivity contribution in [3.05, 3.63) is 35.1 Å². The van der Waals surface area contributed by atoms with Crippen LogP contribution in [0.25, 0.3) is 0 Å². The number of halogens is 4. The summed E-state index contributed by atoms with van der Waals surface area (Å²) in [7, 11) is 0. The lowest BCUT2D eigenvalue weighted by molar-refractivity contribution is -0.140. The molecule has 0 spiro atoms. The van der Waals surface area contributed by atoms with Gasteiger partial charge >= 0.3 is 6.18 Å². The Morgan fingerprint density at radius 2 is 1.86 bits per heavy atom. The smallest absolute Gasteiger partial charge is 0.310 e. The SMILES string of the molecule is CCNC(c1ccc(F)c(C(F)(F)F)c1)C1CCCCC1. The van der Waals surface area contributed by atoms with Gasteiger partial charge in [-0.05, 0) is 43.0 Å². The molecule has 2 rings (SSSR count). The molecule has 1 atom stereocenters. The first-order valence-corrected chi connectivity index (χ1v) is 7.53. The lowest BCUT2D eigenvalue weighted by atomic mass is 9.81. The molecule has 0 heterocycles. The maximum Gasteiger partial charge on any atom is 0.419 e. The lowest BCUT2D eigenvalue weighted by Gasteiger charge is -2.31. The van der Waals surface area contributed by atoms with Crippen molar-refractivity contribution in [2.75, 3.05) is 6.54 Å². The topological polar surface area (TPSA) is 12.0 Å². The molecule has 1 aromatic carbocycles. The van der Waals surface area contributed by atoms with Crippen molar-refractivity contribution in [1.82, 2.24) is 5.32 Å². The molecule has 118 valence electrons. The van der Waals surface area contributed by atoms with E-state index >= 15 is 0 Å². The van der Waals surface area contributed by atoms with Gasteiger partial charge in [-0.1, -0.05) is 32.3 Å². The summed E-state index contributed by atoms with van der Waals surface area (Å²) in [6.45, 7) is 2.61. The van der Waals surface area contributed by atoms with E-state index in [9.17, 15) is 17.6 Å². The van der Waals surface area contributed by atoms with Crippen LogP contribution in [0.15, 0.2) is 18.2 Å². The average molecular weight is 303 g/mol. The molecule has 1 nitrogen and oxygen atoms in total. The van der Waals surface area contributed by atoms with Gasteiger partial charge in [0.2, 0.25) is 0 Å². The van der Waals surface area contributed by atoms with Gasteiger partial charge in [-0.2, -0.15) is 13.2 Å². The number of benzene rings is 1. The van der Waals surface area contributed by atoms with Crippen LogP contribution in [0.3, 0.4) is 0 Å². The molecule has 21 heavy (non-hydrogen) atoms. The summed E-state index contributed by atoms with van der Waals surface area (Å²) in [5.74, 6) is -0.879. The van der Waals surface area contributed by atoms with Crippen molar-refractivity contribution in [2.24, 2.45) is 5.92 Å². The van der Waals surface area contributed by atoms with Crippen molar-refractivity contribution in [2.45, 2.75) is 51.2 Å². The second kappa shape index (κ2) is 6.77. The highest BCUT2D eigenvalue weighted by Crippen LogP contribution is 2.37. The first-order valence-electron chi connectivity index (χ1n) is 7.53. The number of rotatable bonds is 4. The first-order chi connectivity index (χ1) is 9.93. The van der Waals surface area contributed by atoms with Crippen LogP contribution in [0.4, 0.5) is 17.6 Å². The zero-order valence-corrected chi connectivity index (χ0v) is 12.1. The van der Waals surface area contributed by atoms with Gasteiger partial charge in [0.15, 0.2) is 0 Å². The summed E-state index contributed by atoms with van der Waals surface area (Å²) in [6, 6.07) is 3.26. The van der Waals surface area contributed by atoms with Crippen LogP contribution < -0.4 is 5.32 Å². The Morgan fingerprint density at radius 3 is 2.43 bits per heavy atom. The van der Waals surface area contributed by atoms with Gasteiger partial charge in [0.05, 0.1) is 5.56 Å². The van der Waals surface area contributed by atoms with Gasteiger partial charge in [-0.15, -0.1) is 0 Å². The Bertz CT molecular complexity index is 464. The van der Waals surface area contributed by atoms with Crippen molar-refractivity contribution in [1.29, 1.82) is 0 Å². The summed E-state index contributed by atoms with van der Waals surface area (Å²) in [5, 5.41) is 3.28. The molecule has 1 fully saturated rings. The van der Waals surface area contributed by atoms with E-state index in [1.807, 2.05) is 6.92 Å². The molecule has 1 aliphatic rings. The van der Waals surface area contributed by atoms with Crippen molar-refractivity contribution >= 4 is 0 Å². The number of alkyl halides is 3. The Morgan fingerprint density at radius 1 is 1.19 bits per heavy atom.